The molecule has 11 heteroatoms. The zero-order chi connectivity index (χ0) is 24.7. The zero-order valence-corrected chi connectivity index (χ0v) is 19.8. The predicted octanol–water partition coefficient (Wildman–Crippen LogP) is 5.29. The van der Waals surface area contributed by atoms with Gasteiger partial charge in [0, 0.05) is 22.6 Å². The molecule has 1 aliphatic rings. The molecule has 0 spiro atoms. The Kier molecular flexibility index (Phi) is 5.79. The number of benzene rings is 2. The number of ether oxygens (including phenoxy) is 1. The number of rotatable bonds is 6. The molecule has 1 saturated heterocycles. The molecule has 1 aliphatic heterocycles. The van der Waals surface area contributed by atoms with E-state index in [1.807, 2.05) is 12.3 Å². The topological polar surface area (TPSA) is 123 Å². The number of aromatic nitrogens is 1. The van der Waals surface area contributed by atoms with Crippen LogP contribution < -0.4 is 9.64 Å². The summed E-state index contributed by atoms with van der Waals surface area (Å²) in [5, 5.41) is 24.3. The van der Waals surface area contributed by atoms with Crippen LogP contribution in [0.5, 0.6) is 5.75 Å². The number of non-ortho nitro benzene ring substituents is 1. The number of hydrogen-bond acceptors (Lipinski definition) is 9. The number of Topliss-reactive ketones (excluding diaryl/α,β-unsaturated/α-hetero) is 1. The predicted molar refractivity (Wildman–Crippen MR) is 133 cm³/mol. The number of nitro groups is 1. The summed E-state index contributed by atoms with van der Waals surface area (Å²) < 4.78 is 5.94. The fourth-order valence-corrected chi connectivity index (χ4v) is 5.74. The van der Waals surface area contributed by atoms with Crippen LogP contribution in [0.15, 0.2) is 65.6 Å². The van der Waals surface area contributed by atoms with Gasteiger partial charge in [-0.25, -0.2) is 4.98 Å². The van der Waals surface area contributed by atoms with Crippen LogP contribution in [-0.2, 0) is 9.59 Å². The van der Waals surface area contributed by atoms with Gasteiger partial charge in [-0.05, 0) is 48.7 Å². The number of carbonyl (C=O) groups is 2. The normalized spacial score (nSPS) is 17.3. The number of ketones is 1. The molecule has 1 unspecified atom stereocenters. The van der Waals surface area contributed by atoms with Gasteiger partial charge in [-0.1, -0.05) is 17.4 Å². The molecule has 1 amide bonds. The molecule has 1 fully saturated rings. The molecule has 1 atom stereocenters. The molecular formula is C24H17N3O6S2. The van der Waals surface area contributed by atoms with Crippen molar-refractivity contribution >= 4 is 61.2 Å². The van der Waals surface area contributed by atoms with Crippen molar-refractivity contribution < 1.29 is 24.4 Å². The molecule has 0 bridgehead atoms. The monoisotopic (exact) mass is 507 g/mol. The Morgan fingerprint density at radius 2 is 1.97 bits per heavy atom. The minimum Gasteiger partial charge on any atom is -0.507 e. The summed E-state index contributed by atoms with van der Waals surface area (Å²) in [5.41, 5.74) is 0.689. The number of aliphatic hydroxyl groups is 1. The van der Waals surface area contributed by atoms with Crippen molar-refractivity contribution in [3.63, 3.8) is 0 Å². The van der Waals surface area contributed by atoms with Crippen molar-refractivity contribution in [3.05, 3.63) is 86.1 Å². The third-order valence-corrected chi connectivity index (χ3v) is 7.42. The number of aliphatic hydroxyl groups excluding tert-OH is 1. The summed E-state index contributed by atoms with van der Waals surface area (Å²) in [6.45, 7) is 2.34. The summed E-state index contributed by atoms with van der Waals surface area (Å²) >= 11 is 2.41. The third-order valence-electron chi connectivity index (χ3n) is 5.47. The minimum atomic E-state index is -0.892. The fraction of sp³-hybridized carbons (Fsp3) is 0.125. The number of amides is 1. The number of fused-ring (bicyclic) bond motifs is 1. The molecule has 35 heavy (non-hydrogen) atoms. The lowest BCUT2D eigenvalue weighted by Gasteiger charge is -2.21. The first-order valence-electron chi connectivity index (χ1n) is 10.5. The maximum absolute atomic E-state index is 13.2. The molecule has 0 saturated carbocycles. The number of hydrogen-bond donors (Lipinski definition) is 1. The number of thiophene rings is 1. The van der Waals surface area contributed by atoms with Crippen LogP contribution in [0.25, 0.3) is 16.0 Å². The van der Waals surface area contributed by atoms with Gasteiger partial charge in [0.2, 0.25) is 0 Å². The van der Waals surface area contributed by atoms with Crippen molar-refractivity contribution in [2.75, 3.05) is 11.5 Å². The second-order valence-corrected chi connectivity index (χ2v) is 9.54. The summed E-state index contributed by atoms with van der Waals surface area (Å²) in [7, 11) is 0. The van der Waals surface area contributed by atoms with E-state index in [1.165, 1.54) is 34.4 Å². The summed E-state index contributed by atoms with van der Waals surface area (Å²) in [6.07, 6.45) is 0. The van der Waals surface area contributed by atoms with E-state index in [-0.39, 0.29) is 22.2 Å². The highest BCUT2D eigenvalue weighted by Crippen LogP contribution is 2.45. The Balaban J connectivity index is 1.64. The quantitative estimate of drug-likeness (QED) is 0.124. The molecule has 1 N–H and O–H groups in total. The second kappa shape index (κ2) is 8.93. The smallest absolute Gasteiger partial charge is 0.301 e. The van der Waals surface area contributed by atoms with E-state index >= 15 is 0 Å². The standard InChI is InChI=1S/C24H17N3O6S2/c1-2-33-15-8-5-13(6-9-15)21(28)19-20(17-4-3-11-34-17)26(23(30)22(19)29)24-25-16-10-7-14(27(31)32)12-18(16)35-24/h3-12,20,28H,2H2,1H3/b21-19+. The molecule has 0 aliphatic carbocycles. The number of anilines is 1. The van der Waals surface area contributed by atoms with Crippen molar-refractivity contribution in [2.24, 2.45) is 0 Å². The van der Waals surface area contributed by atoms with Crippen molar-refractivity contribution in [3.8, 4) is 5.75 Å². The average Bonchev–Trinajstić information content (AvgIpc) is 3.57. The van der Waals surface area contributed by atoms with Gasteiger partial charge in [0.1, 0.15) is 17.6 Å². The average molecular weight is 508 g/mol. The molecule has 2 aromatic heterocycles. The van der Waals surface area contributed by atoms with E-state index < -0.39 is 22.7 Å². The minimum absolute atomic E-state index is 0.0492. The largest absolute Gasteiger partial charge is 0.507 e. The highest BCUT2D eigenvalue weighted by molar-refractivity contribution is 7.22. The molecule has 9 nitrogen and oxygen atoms in total. The Morgan fingerprint density at radius 1 is 1.20 bits per heavy atom. The summed E-state index contributed by atoms with van der Waals surface area (Å²) in [5.74, 6) is -1.35. The molecular weight excluding hydrogens is 490 g/mol. The Morgan fingerprint density at radius 3 is 2.63 bits per heavy atom. The van der Waals surface area contributed by atoms with E-state index in [0.717, 1.165) is 11.3 Å². The first kappa shape index (κ1) is 22.7. The summed E-state index contributed by atoms with van der Waals surface area (Å²) in [6, 6.07) is 13.5. The van der Waals surface area contributed by atoms with E-state index in [9.17, 15) is 24.8 Å². The van der Waals surface area contributed by atoms with Crippen LogP contribution in [-0.4, -0.2) is 33.3 Å². The molecule has 3 heterocycles. The molecule has 4 aromatic rings. The molecule has 5 rings (SSSR count). The third kappa shape index (κ3) is 3.94. The van der Waals surface area contributed by atoms with Crippen LogP contribution in [0.4, 0.5) is 10.8 Å². The van der Waals surface area contributed by atoms with Gasteiger partial charge >= 0.3 is 5.91 Å². The van der Waals surface area contributed by atoms with Crippen LogP contribution in [0, 0.1) is 10.1 Å². The van der Waals surface area contributed by atoms with E-state index in [4.69, 9.17) is 4.74 Å². The van der Waals surface area contributed by atoms with Gasteiger partial charge in [-0.15, -0.1) is 11.3 Å². The van der Waals surface area contributed by atoms with Gasteiger partial charge in [-0.3, -0.25) is 24.6 Å². The van der Waals surface area contributed by atoms with Crippen LogP contribution >= 0.6 is 22.7 Å². The highest BCUT2D eigenvalue weighted by Gasteiger charge is 2.48. The maximum Gasteiger partial charge on any atom is 0.301 e. The second-order valence-electron chi connectivity index (χ2n) is 7.55. The van der Waals surface area contributed by atoms with Crippen molar-refractivity contribution in [2.45, 2.75) is 13.0 Å². The lowest BCUT2D eigenvalue weighted by atomic mass is 10.00. The first-order chi connectivity index (χ1) is 16.9. The Labute approximate surface area is 206 Å². The number of thiazole rings is 1. The lowest BCUT2D eigenvalue weighted by molar-refractivity contribution is -0.384. The van der Waals surface area contributed by atoms with Crippen LogP contribution in [0.1, 0.15) is 23.4 Å². The number of nitrogens with zero attached hydrogens (tertiary/aromatic N) is 3. The van der Waals surface area contributed by atoms with Gasteiger partial charge in [0.05, 0.1) is 27.3 Å². The number of carbonyl (C=O) groups excluding carboxylic acids is 2. The summed E-state index contributed by atoms with van der Waals surface area (Å²) in [4.78, 5) is 43.5. The fourth-order valence-electron chi connectivity index (χ4n) is 3.89. The van der Waals surface area contributed by atoms with Crippen LogP contribution in [0.3, 0.4) is 0 Å². The Hall–Kier alpha value is -4.09. The van der Waals surface area contributed by atoms with E-state index in [2.05, 4.69) is 4.98 Å². The van der Waals surface area contributed by atoms with Gasteiger partial charge in [0.15, 0.2) is 5.13 Å². The highest BCUT2D eigenvalue weighted by atomic mass is 32.1. The number of nitro benzene ring substituents is 1. The molecule has 176 valence electrons. The maximum atomic E-state index is 13.2. The van der Waals surface area contributed by atoms with E-state index in [0.29, 0.717) is 33.0 Å². The molecule has 0 radical (unpaired) electrons. The van der Waals surface area contributed by atoms with Gasteiger partial charge in [-0.2, -0.15) is 0 Å². The first-order valence-corrected chi connectivity index (χ1v) is 12.2. The Bertz CT molecular complexity index is 1490. The van der Waals surface area contributed by atoms with Crippen molar-refractivity contribution in [1.29, 1.82) is 0 Å². The van der Waals surface area contributed by atoms with Crippen molar-refractivity contribution in [1.82, 2.24) is 4.98 Å². The lowest BCUT2D eigenvalue weighted by Crippen LogP contribution is -2.28. The van der Waals surface area contributed by atoms with Gasteiger partial charge in [0.25, 0.3) is 11.5 Å². The van der Waals surface area contributed by atoms with Gasteiger partial charge < -0.3 is 9.84 Å². The van der Waals surface area contributed by atoms with Crippen LogP contribution in [0.2, 0.25) is 0 Å². The SMILES string of the molecule is CCOc1ccc(/C(O)=C2\C(=O)C(=O)N(c3nc4ccc([N+](=O)[O-])cc4s3)C2c2cccs2)cc1. The molecule has 2 aromatic carbocycles. The van der Waals surface area contributed by atoms with E-state index in [1.54, 1.807) is 36.4 Å². The zero-order valence-electron chi connectivity index (χ0n) is 18.2.